The lowest BCUT2D eigenvalue weighted by molar-refractivity contribution is -0.0418. The summed E-state index contributed by atoms with van der Waals surface area (Å²) in [6.45, 7) is 0. The van der Waals surface area contributed by atoms with E-state index in [1.165, 1.54) is 115 Å². The number of hydrogen-bond donors (Lipinski definition) is 0. The number of hydrogen-bond acceptors (Lipinski definition) is 1. The van der Waals surface area contributed by atoms with Gasteiger partial charge in [0.15, 0.2) is 0 Å². The van der Waals surface area contributed by atoms with Crippen LogP contribution in [-0.4, -0.2) is 9.13 Å². The molecular formula is C64H49N3. The summed E-state index contributed by atoms with van der Waals surface area (Å²) in [4.78, 5) is 2.55. The van der Waals surface area contributed by atoms with Crippen LogP contribution in [0.2, 0.25) is 0 Å². The molecule has 0 saturated heterocycles. The number of rotatable bonds is 6. The van der Waals surface area contributed by atoms with E-state index in [4.69, 9.17) is 0 Å². The summed E-state index contributed by atoms with van der Waals surface area (Å²) < 4.78 is 5.08. The molecular weight excluding hydrogens is 811 g/mol. The van der Waals surface area contributed by atoms with Gasteiger partial charge < -0.3 is 14.0 Å². The van der Waals surface area contributed by atoms with Crippen LogP contribution >= 0.6 is 0 Å². The molecule has 0 radical (unpaired) electrons. The smallest absolute Gasteiger partial charge is 0.0584 e. The van der Waals surface area contributed by atoms with Gasteiger partial charge in [0.25, 0.3) is 0 Å². The molecule has 1 aliphatic heterocycles. The average Bonchev–Trinajstić information content (AvgIpc) is 3.90. The lowest BCUT2D eigenvalue weighted by Gasteiger charge is -2.63. The molecule has 3 nitrogen and oxygen atoms in total. The molecule has 4 fully saturated rings. The van der Waals surface area contributed by atoms with Crippen LogP contribution < -0.4 is 4.90 Å². The molecule has 11 aromatic rings. The van der Waals surface area contributed by atoms with E-state index in [0.29, 0.717) is 11.8 Å². The Morgan fingerprint density at radius 2 is 0.851 bits per heavy atom. The summed E-state index contributed by atoms with van der Waals surface area (Å²) in [6.07, 6.45) is 6.81. The van der Waals surface area contributed by atoms with Crippen LogP contribution in [0.25, 0.3) is 77.2 Å². The van der Waals surface area contributed by atoms with E-state index in [2.05, 4.69) is 226 Å². The molecule has 320 valence electrons. The van der Waals surface area contributed by atoms with Crippen molar-refractivity contribution in [1.29, 1.82) is 0 Å². The number of benzene rings is 9. The van der Waals surface area contributed by atoms with Gasteiger partial charge in [0.1, 0.15) is 0 Å². The van der Waals surface area contributed by atoms with E-state index >= 15 is 0 Å². The Bertz CT molecular complexity index is 3680. The van der Waals surface area contributed by atoms with E-state index in [1.54, 1.807) is 11.1 Å². The third-order valence-corrected chi connectivity index (χ3v) is 16.9. The first-order valence-electron chi connectivity index (χ1n) is 24.5. The van der Waals surface area contributed by atoms with E-state index in [0.717, 1.165) is 23.2 Å². The lowest BCUT2D eigenvalue weighted by atomic mass is 9.41. The van der Waals surface area contributed by atoms with Crippen molar-refractivity contribution >= 4 is 60.7 Å². The highest BCUT2D eigenvalue weighted by Crippen LogP contribution is 2.68. The monoisotopic (exact) mass is 859 g/mol. The van der Waals surface area contributed by atoms with Gasteiger partial charge in [0, 0.05) is 49.6 Å². The highest BCUT2D eigenvalue weighted by Gasteiger charge is 2.61. The van der Waals surface area contributed by atoms with Crippen molar-refractivity contribution in [3.8, 4) is 33.6 Å². The standard InChI is InChI=1S/C64H49N3/c1-2-14-43(15-3-1)44-26-30-48(31-27-44)65(49-32-28-45(29-33-49)51-16-4-9-21-58(51)66-59-22-10-5-17-52(59)53-18-6-11-23-60(53)66)50-39-55-54-19-7-12-24-61(54)67-62-25-13-8-20-56(62)64(57(40-50)63(55)67)46-35-41-34-42(37-46)38-47(64)36-41/h1-33,39-42,46-47H,34-38H2. The van der Waals surface area contributed by atoms with Crippen LogP contribution in [0.1, 0.15) is 43.2 Å². The van der Waals surface area contributed by atoms with Crippen LogP contribution in [0.3, 0.4) is 0 Å². The molecule has 4 aliphatic carbocycles. The van der Waals surface area contributed by atoms with Gasteiger partial charge in [0.2, 0.25) is 0 Å². The zero-order valence-electron chi connectivity index (χ0n) is 37.4. The Morgan fingerprint density at radius 3 is 1.49 bits per heavy atom. The molecule has 3 heterocycles. The predicted octanol–water partition coefficient (Wildman–Crippen LogP) is 16.7. The lowest BCUT2D eigenvalue weighted by Crippen LogP contribution is -2.57. The minimum Gasteiger partial charge on any atom is -0.310 e. The summed E-state index contributed by atoms with van der Waals surface area (Å²) in [7, 11) is 0. The average molecular weight is 860 g/mol. The molecule has 0 atom stereocenters. The molecule has 5 aliphatic rings. The molecule has 0 amide bonds. The van der Waals surface area contributed by atoms with Gasteiger partial charge in [-0.2, -0.15) is 0 Å². The van der Waals surface area contributed by atoms with Gasteiger partial charge >= 0.3 is 0 Å². The SMILES string of the molecule is c1ccc(-c2ccc(N(c3ccc(-c4ccccc4-n4c5ccccc5c5ccccc54)cc3)c3cc4c5c(c3)c3ccccc3n5-c3ccccc3C43C4CC5CC(C4)CC3C5)cc2)cc1. The molecule has 2 aromatic heterocycles. The summed E-state index contributed by atoms with van der Waals surface area (Å²) >= 11 is 0. The van der Waals surface area contributed by atoms with Gasteiger partial charge in [-0.3, -0.25) is 0 Å². The van der Waals surface area contributed by atoms with Crippen molar-refractivity contribution in [2.24, 2.45) is 23.7 Å². The molecule has 0 unspecified atom stereocenters. The van der Waals surface area contributed by atoms with Crippen molar-refractivity contribution in [3.63, 3.8) is 0 Å². The van der Waals surface area contributed by atoms with E-state index in [1.807, 2.05) is 0 Å². The summed E-state index contributed by atoms with van der Waals surface area (Å²) in [5.41, 5.74) is 19.2. The second kappa shape index (κ2) is 14.2. The van der Waals surface area contributed by atoms with Gasteiger partial charge in [-0.25, -0.2) is 0 Å². The first-order valence-corrected chi connectivity index (χ1v) is 24.5. The molecule has 67 heavy (non-hydrogen) atoms. The van der Waals surface area contributed by atoms with Crippen molar-refractivity contribution in [2.75, 3.05) is 4.90 Å². The molecule has 3 heteroatoms. The fourth-order valence-electron chi connectivity index (χ4n) is 14.5. The zero-order valence-corrected chi connectivity index (χ0v) is 37.4. The maximum atomic E-state index is 2.66. The largest absolute Gasteiger partial charge is 0.310 e. The van der Waals surface area contributed by atoms with Crippen molar-refractivity contribution < 1.29 is 0 Å². The molecule has 4 saturated carbocycles. The Balaban J connectivity index is 0.949. The first kappa shape index (κ1) is 37.6. The quantitative estimate of drug-likeness (QED) is 0.162. The van der Waals surface area contributed by atoms with Crippen molar-refractivity contribution in [2.45, 2.75) is 37.5 Å². The topological polar surface area (TPSA) is 13.1 Å². The summed E-state index contributed by atoms with van der Waals surface area (Å²) in [5, 5.41) is 5.23. The van der Waals surface area contributed by atoms with Crippen molar-refractivity contribution in [1.82, 2.24) is 9.13 Å². The number of anilines is 3. The first-order chi connectivity index (χ1) is 33.2. The second-order valence-electron chi connectivity index (χ2n) is 20.1. The Hall–Kier alpha value is -7.62. The van der Waals surface area contributed by atoms with Crippen LogP contribution in [0.4, 0.5) is 17.1 Å². The highest BCUT2D eigenvalue weighted by molar-refractivity contribution is 6.13. The molecule has 16 rings (SSSR count). The number of para-hydroxylation sites is 5. The number of nitrogens with zero attached hydrogens (tertiary/aromatic N) is 3. The Labute approximate surface area is 391 Å². The van der Waals surface area contributed by atoms with Crippen molar-refractivity contribution in [3.05, 3.63) is 223 Å². The van der Waals surface area contributed by atoms with Crippen LogP contribution in [0.15, 0.2) is 212 Å². The fraction of sp³-hybridized carbons (Fsp3) is 0.156. The van der Waals surface area contributed by atoms with Crippen LogP contribution in [0, 0.1) is 23.7 Å². The zero-order chi connectivity index (χ0) is 43.8. The van der Waals surface area contributed by atoms with Gasteiger partial charge in [0.05, 0.1) is 33.4 Å². The predicted molar refractivity (Wildman–Crippen MR) is 278 cm³/mol. The highest BCUT2D eigenvalue weighted by atomic mass is 15.1. The Kier molecular flexibility index (Phi) is 7.96. The molecule has 1 spiro atoms. The van der Waals surface area contributed by atoms with Gasteiger partial charge in [-0.15, -0.1) is 0 Å². The van der Waals surface area contributed by atoms with Crippen LogP contribution in [0.5, 0.6) is 0 Å². The minimum atomic E-state index is -0.0220. The van der Waals surface area contributed by atoms with Crippen LogP contribution in [-0.2, 0) is 5.41 Å². The van der Waals surface area contributed by atoms with E-state index in [9.17, 15) is 0 Å². The number of fused-ring (bicyclic) bond motifs is 8. The summed E-state index contributed by atoms with van der Waals surface area (Å²) in [5.74, 6) is 3.01. The van der Waals surface area contributed by atoms with Gasteiger partial charge in [-0.1, -0.05) is 146 Å². The Morgan fingerprint density at radius 1 is 0.358 bits per heavy atom. The number of aromatic nitrogens is 2. The second-order valence-corrected chi connectivity index (χ2v) is 20.1. The fourth-order valence-corrected chi connectivity index (χ4v) is 14.5. The third-order valence-electron chi connectivity index (χ3n) is 16.9. The molecule has 4 bridgehead atoms. The van der Waals surface area contributed by atoms with Gasteiger partial charge in [-0.05, 0) is 150 Å². The van der Waals surface area contributed by atoms with E-state index < -0.39 is 0 Å². The minimum absolute atomic E-state index is 0.0220. The van der Waals surface area contributed by atoms with E-state index in [-0.39, 0.29) is 5.41 Å². The normalized spacial score (nSPS) is 21.2. The molecule has 9 aromatic carbocycles. The molecule has 0 N–H and O–H groups in total. The maximum Gasteiger partial charge on any atom is 0.0584 e. The summed E-state index contributed by atoms with van der Waals surface area (Å²) in [6, 6.07) is 79.9. The third kappa shape index (κ3) is 5.29. The maximum absolute atomic E-state index is 2.66.